The lowest BCUT2D eigenvalue weighted by Gasteiger charge is -2.23. The summed E-state index contributed by atoms with van der Waals surface area (Å²) in [6, 6.07) is 1.48. The van der Waals surface area contributed by atoms with Gasteiger partial charge in [0.25, 0.3) is 0 Å². The van der Waals surface area contributed by atoms with Gasteiger partial charge in [-0.1, -0.05) is 19.3 Å². The molecule has 0 spiro atoms. The van der Waals surface area contributed by atoms with Gasteiger partial charge >= 0.3 is 0 Å². The molecule has 0 aromatic carbocycles. The maximum atomic E-state index is 6.01. The van der Waals surface area contributed by atoms with Gasteiger partial charge in [-0.25, -0.2) is 0 Å². The largest absolute Gasteiger partial charge is 0.370 e. The molecule has 1 saturated heterocycles. The summed E-state index contributed by atoms with van der Waals surface area (Å²) >= 11 is 0. The summed E-state index contributed by atoms with van der Waals surface area (Å²) in [4.78, 5) is 7.21. The molecular formula is C15H29IN4. The van der Waals surface area contributed by atoms with Crippen LogP contribution in [-0.4, -0.2) is 42.6 Å². The van der Waals surface area contributed by atoms with Gasteiger partial charge < -0.3 is 16.0 Å². The summed E-state index contributed by atoms with van der Waals surface area (Å²) in [7, 11) is 0. The van der Waals surface area contributed by atoms with Crippen molar-refractivity contribution in [3.63, 3.8) is 0 Å². The number of nitrogens with one attached hydrogen (secondary N) is 1. The number of nitrogens with zero attached hydrogens (tertiary/aromatic N) is 2. The van der Waals surface area contributed by atoms with E-state index in [2.05, 4.69) is 15.2 Å². The van der Waals surface area contributed by atoms with Crippen LogP contribution in [0.25, 0.3) is 0 Å². The Hall–Kier alpha value is -0.0400. The van der Waals surface area contributed by atoms with Crippen LogP contribution in [0.3, 0.4) is 0 Å². The molecule has 0 amide bonds. The van der Waals surface area contributed by atoms with Gasteiger partial charge in [0.05, 0.1) is 0 Å². The van der Waals surface area contributed by atoms with Crippen molar-refractivity contribution in [3.05, 3.63) is 0 Å². The highest BCUT2D eigenvalue weighted by atomic mass is 127. The molecule has 2 saturated carbocycles. The minimum Gasteiger partial charge on any atom is -0.370 e. The molecule has 0 bridgehead atoms. The van der Waals surface area contributed by atoms with Gasteiger partial charge in [-0.3, -0.25) is 4.99 Å². The predicted molar refractivity (Wildman–Crippen MR) is 94.6 cm³/mol. The van der Waals surface area contributed by atoms with E-state index in [9.17, 15) is 0 Å². The monoisotopic (exact) mass is 392 g/mol. The zero-order valence-corrected chi connectivity index (χ0v) is 14.7. The lowest BCUT2D eigenvalue weighted by atomic mass is 9.96. The van der Waals surface area contributed by atoms with Crippen LogP contribution >= 0.6 is 24.0 Å². The second kappa shape index (κ2) is 7.82. The van der Waals surface area contributed by atoms with E-state index in [0.29, 0.717) is 12.0 Å². The van der Waals surface area contributed by atoms with Crippen LogP contribution in [0, 0.1) is 5.92 Å². The molecule has 0 aromatic heterocycles. The highest BCUT2D eigenvalue weighted by molar-refractivity contribution is 14.0. The van der Waals surface area contributed by atoms with E-state index >= 15 is 0 Å². The first-order valence-electron chi connectivity index (χ1n) is 8.12. The summed E-state index contributed by atoms with van der Waals surface area (Å²) < 4.78 is 0. The summed E-state index contributed by atoms with van der Waals surface area (Å²) in [6.07, 6.45) is 10.7. The number of halogens is 1. The van der Waals surface area contributed by atoms with E-state index < -0.39 is 0 Å². The Morgan fingerprint density at radius 3 is 2.55 bits per heavy atom. The van der Waals surface area contributed by atoms with Crippen molar-refractivity contribution in [2.45, 2.75) is 63.5 Å². The molecule has 3 rings (SSSR count). The van der Waals surface area contributed by atoms with E-state index in [4.69, 9.17) is 5.73 Å². The molecule has 0 radical (unpaired) electrons. The molecule has 3 N–H and O–H groups in total. The zero-order chi connectivity index (χ0) is 13.1. The van der Waals surface area contributed by atoms with Gasteiger partial charge in [0, 0.05) is 25.2 Å². The third-order valence-electron chi connectivity index (χ3n) is 4.86. The minimum absolute atomic E-state index is 0. The number of hydrogen-bond donors (Lipinski definition) is 2. The number of guanidine groups is 1. The second-order valence-electron chi connectivity index (χ2n) is 6.59. The SMILES string of the molecule is I.NC(=NCC1CCN(C2CC2)C1)NC1CCCCC1. The topological polar surface area (TPSA) is 53.6 Å². The van der Waals surface area contributed by atoms with Gasteiger partial charge in [-0.2, -0.15) is 0 Å². The number of likely N-dealkylation sites (tertiary alicyclic amines) is 1. The number of aliphatic imine (C=N–C) groups is 1. The van der Waals surface area contributed by atoms with Crippen molar-refractivity contribution in [2.75, 3.05) is 19.6 Å². The molecule has 1 aliphatic heterocycles. The normalized spacial score (nSPS) is 29.2. The van der Waals surface area contributed by atoms with Gasteiger partial charge in [0.2, 0.25) is 0 Å². The van der Waals surface area contributed by atoms with Gasteiger partial charge in [-0.15, -0.1) is 24.0 Å². The highest BCUT2D eigenvalue weighted by Gasteiger charge is 2.34. The van der Waals surface area contributed by atoms with Crippen LogP contribution in [0.2, 0.25) is 0 Å². The van der Waals surface area contributed by atoms with Gasteiger partial charge in [-0.05, 0) is 44.6 Å². The Morgan fingerprint density at radius 2 is 1.85 bits per heavy atom. The van der Waals surface area contributed by atoms with Crippen LogP contribution in [0.5, 0.6) is 0 Å². The maximum absolute atomic E-state index is 6.01. The summed E-state index contributed by atoms with van der Waals surface area (Å²) in [5.74, 6) is 1.41. The first kappa shape index (κ1) is 16.3. The Kier molecular flexibility index (Phi) is 6.39. The third-order valence-corrected chi connectivity index (χ3v) is 4.86. The van der Waals surface area contributed by atoms with Crippen molar-refractivity contribution in [3.8, 4) is 0 Å². The lowest BCUT2D eigenvalue weighted by Crippen LogP contribution is -2.41. The standard InChI is InChI=1S/C15H28N4.HI/c16-15(18-13-4-2-1-3-5-13)17-10-12-8-9-19(11-12)14-6-7-14;/h12-14H,1-11H2,(H3,16,17,18);1H. The molecule has 116 valence electrons. The molecule has 4 nitrogen and oxygen atoms in total. The number of nitrogens with two attached hydrogens (primary N) is 1. The lowest BCUT2D eigenvalue weighted by molar-refractivity contribution is 0.315. The van der Waals surface area contributed by atoms with Crippen molar-refractivity contribution >= 4 is 29.9 Å². The summed E-state index contributed by atoms with van der Waals surface area (Å²) in [5, 5.41) is 3.40. The molecular weight excluding hydrogens is 363 g/mol. The van der Waals surface area contributed by atoms with Crippen molar-refractivity contribution in [2.24, 2.45) is 16.6 Å². The molecule has 0 aromatic rings. The average molecular weight is 392 g/mol. The predicted octanol–water partition coefficient (Wildman–Crippen LogP) is 2.33. The van der Waals surface area contributed by atoms with Crippen LogP contribution in [0.1, 0.15) is 51.4 Å². The Labute approximate surface area is 140 Å². The molecule has 1 atom stereocenters. The minimum atomic E-state index is 0. The Balaban J connectivity index is 0.00000147. The third kappa shape index (κ3) is 4.76. The first-order valence-corrected chi connectivity index (χ1v) is 8.12. The smallest absolute Gasteiger partial charge is 0.188 e. The summed E-state index contributed by atoms with van der Waals surface area (Å²) in [6.45, 7) is 3.43. The van der Waals surface area contributed by atoms with Crippen LogP contribution < -0.4 is 11.1 Å². The fourth-order valence-corrected chi connectivity index (χ4v) is 3.51. The molecule has 3 fully saturated rings. The fourth-order valence-electron chi connectivity index (χ4n) is 3.51. The number of rotatable bonds is 4. The van der Waals surface area contributed by atoms with E-state index in [0.717, 1.165) is 18.5 Å². The van der Waals surface area contributed by atoms with Gasteiger partial charge in [0.15, 0.2) is 5.96 Å². The molecule has 5 heteroatoms. The maximum Gasteiger partial charge on any atom is 0.188 e. The quantitative estimate of drug-likeness (QED) is 0.439. The van der Waals surface area contributed by atoms with Gasteiger partial charge in [0.1, 0.15) is 0 Å². The Morgan fingerprint density at radius 1 is 1.10 bits per heavy atom. The van der Waals surface area contributed by atoms with E-state index in [1.54, 1.807) is 0 Å². The van der Waals surface area contributed by atoms with Crippen molar-refractivity contribution in [1.29, 1.82) is 0 Å². The average Bonchev–Trinajstić information content (AvgIpc) is 3.17. The summed E-state index contributed by atoms with van der Waals surface area (Å²) in [5.41, 5.74) is 6.01. The van der Waals surface area contributed by atoms with Crippen LogP contribution in [-0.2, 0) is 0 Å². The van der Waals surface area contributed by atoms with Crippen molar-refractivity contribution in [1.82, 2.24) is 10.2 Å². The number of hydrogen-bond acceptors (Lipinski definition) is 2. The molecule has 20 heavy (non-hydrogen) atoms. The molecule has 1 heterocycles. The zero-order valence-electron chi connectivity index (χ0n) is 12.4. The van der Waals surface area contributed by atoms with Crippen LogP contribution in [0.4, 0.5) is 0 Å². The molecule has 2 aliphatic carbocycles. The second-order valence-corrected chi connectivity index (χ2v) is 6.59. The van der Waals surface area contributed by atoms with Crippen molar-refractivity contribution < 1.29 is 0 Å². The molecule has 1 unspecified atom stereocenters. The fraction of sp³-hybridized carbons (Fsp3) is 0.933. The highest BCUT2D eigenvalue weighted by Crippen LogP contribution is 2.31. The van der Waals surface area contributed by atoms with E-state index in [1.165, 1.54) is 64.5 Å². The van der Waals surface area contributed by atoms with E-state index in [-0.39, 0.29) is 24.0 Å². The molecule has 3 aliphatic rings. The first-order chi connectivity index (χ1) is 9.31. The Bertz CT molecular complexity index is 324. The van der Waals surface area contributed by atoms with E-state index in [1.807, 2.05) is 0 Å². The van der Waals surface area contributed by atoms with Crippen LogP contribution in [0.15, 0.2) is 4.99 Å².